The zero-order valence-electron chi connectivity index (χ0n) is 11.5. The first-order valence-electron chi connectivity index (χ1n) is 6.79. The van der Waals surface area contributed by atoms with Crippen LogP contribution in [0.1, 0.15) is 30.7 Å². The van der Waals surface area contributed by atoms with Crippen molar-refractivity contribution in [1.29, 1.82) is 0 Å². The Kier molecular flexibility index (Phi) is 3.74. The average Bonchev–Trinajstić information content (AvgIpc) is 3.21. The van der Waals surface area contributed by atoms with Gasteiger partial charge in [0.15, 0.2) is 11.5 Å². The van der Waals surface area contributed by atoms with E-state index in [0.717, 1.165) is 25.0 Å². The molecule has 0 saturated heterocycles. The van der Waals surface area contributed by atoms with Crippen molar-refractivity contribution in [1.82, 2.24) is 0 Å². The maximum Gasteiger partial charge on any atom is 0.507 e. The summed E-state index contributed by atoms with van der Waals surface area (Å²) in [5.41, 5.74) is 0.429. The van der Waals surface area contributed by atoms with Crippen LogP contribution in [-0.4, -0.2) is 23.3 Å². The van der Waals surface area contributed by atoms with Gasteiger partial charge in [0.1, 0.15) is 0 Å². The molecule has 0 spiro atoms. The normalized spacial score (nSPS) is 22.5. The van der Waals surface area contributed by atoms with Gasteiger partial charge in [-0.05, 0) is 42.4 Å². The SMILES string of the molecule is O=C(O)CC(c1cc2c(cc1Br)OC(F)(F)C(F)(F)O2)C1CC1. The number of benzene rings is 1. The van der Waals surface area contributed by atoms with Gasteiger partial charge in [0, 0.05) is 4.47 Å². The topological polar surface area (TPSA) is 55.8 Å². The van der Waals surface area contributed by atoms with Crippen LogP contribution in [0.25, 0.3) is 0 Å². The molecule has 0 aromatic heterocycles. The molecule has 1 atom stereocenters. The Hall–Kier alpha value is -1.51. The molecule has 2 aliphatic rings. The standard InChI is InChI=1S/C14H11BrF4O4/c15-9-5-11-10(22-13(16,17)14(18,19)23-11)3-8(9)7(4-12(20)21)6-1-2-6/h3,5-7H,1-2,4H2,(H,20,21). The minimum Gasteiger partial charge on any atom is -0.481 e. The minimum absolute atomic E-state index is 0.118. The maximum absolute atomic E-state index is 13.3. The molecule has 1 N–H and O–H groups in total. The van der Waals surface area contributed by atoms with Crippen molar-refractivity contribution in [2.24, 2.45) is 5.92 Å². The molecule has 1 aromatic carbocycles. The Balaban J connectivity index is 2.00. The number of alkyl halides is 4. The fourth-order valence-electron chi connectivity index (χ4n) is 2.61. The Labute approximate surface area is 136 Å². The van der Waals surface area contributed by atoms with E-state index in [-0.39, 0.29) is 12.3 Å². The maximum atomic E-state index is 13.3. The van der Waals surface area contributed by atoms with E-state index in [0.29, 0.717) is 10.0 Å². The lowest BCUT2D eigenvalue weighted by Crippen LogP contribution is -2.52. The van der Waals surface area contributed by atoms with Gasteiger partial charge < -0.3 is 14.6 Å². The van der Waals surface area contributed by atoms with Crippen LogP contribution in [0.5, 0.6) is 11.5 Å². The van der Waals surface area contributed by atoms with E-state index in [9.17, 15) is 22.4 Å². The number of rotatable bonds is 4. The second-order valence-electron chi connectivity index (χ2n) is 5.60. The summed E-state index contributed by atoms with van der Waals surface area (Å²) in [4.78, 5) is 11.0. The lowest BCUT2D eigenvalue weighted by atomic mass is 9.90. The highest BCUT2D eigenvalue weighted by Crippen LogP contribution is 2.52. The van der Waals surface area contributed by atoms with Crippen LogP contribution in [0.15, 0.2) is 16.6 Å². The molecule has 0 bridgehead atoms. The highest BCUT2D eigenvalue weighted by molar-refractivity contribution is 9.10. The van der Waals surface area contributed by atoms with E-state index in [1.165, 1.54) is 0 Å². The van der Waals surface area contributed by atoms with Gasteiger partial charge in [-0.1, -0.05) is 15.9 Å². The number of ether oxygens (including phenoxy) is 2. The van der Waals surface area contributed by atoms with Gasteiger partial charge >= 0.3 is 18.2 Å². The molecular weight excluding hydrogens is 388 g/mol. The van der Waals surface area contributed by atoms with Crippen molar-refractivity contribution in [3.63, 3.8) is 0 Å². The summed E-state index contributed by atoms with van der Waals surface area (Å²) in [6.07, 6.45) is -8.11. The zero-order valence-corrected chi connectivity index (χ0v) is 13.1. The predicted molar refractivity (Wildman–Crippen MR) is 73.0 cm³/mol. The molecule has 3 rings (SSSR count). The third-order valence-electron chi connectivity index (χ3n) is 3.86. The smallest absolute Gasteiger partial charge is 0.481 e. The summed E-state index contributed by atoms with van der Waals surface area (Å²) in [6.45, 7) is 0. The van der Waals surface area contributed by atoms with Gasteiger partial charge in [0.2, 0.25) is 0 Å². The quantitative estimate of drug-likeness (QED) is 0.764. The second kappa shape index (κ2) is 5.25. The van der Waals surface area contributed by atoms with E-state index in [1.54, 1.807) is 0 Å². The van der Waals surface area contributed by atoms with Gasteiger partial charge in [0.25, 0.3) is 0 Å². The van der Waals surface area contributed by atoms with Crippen molar-refractivity contribution >= 4 is 21.9 Å². The number of carbonyl (C=O) groups is 1. The molecule has 1 heterocycles. The molecule has 1 unspecified atom stereocenters. The average molecular weight is 399 g/mol. The minimum atomic E-state index is -4.80. The van der Waals surface area contributed by atoms with Gasteiger partial charge in [0.05, 0.1) is 6.42 Å². The van der Waals surface area contributed by atoms with Crippen LogP contribution in [0.3, 0.4) is 0 Å². The second-order valence-corrected chi connectivity index (χ2v) is 6.45. The van der Waals surface area contributed by atoms with Gasteiger partial charge in [-0.2, -0.15) is 17.6 Å². The lowest BCUT2D eigenvalue weighted by Gasteiger charge is -2.32. The van der Waals surface area contributed by atoms with Crippen LogP contribution < -0.4 is 9.47 Å². The van der Waals surface area contributed by atoms with Gasteiger partial charge in [-0.15, -0.1) is 0 Å². The van der Waals surface area contributed by atoms with E-state index >= 15 is 0 Å². The third-order valence-corrected chi connectivity index (χ3v) is 4.55. The summed E-state index contributed by atoms with van der Waals surface area (Å²) in [6, 6.07) is 2.25. The number of aliphatic carboxylic acids is 1. The molecule has 9 heteroatoms. The van der Waals surface area contributed by atoms with Crippen LogP contribution in [0, 0.1) is 5.92 Å². The van der Waals surface area contributed by atoms with Gasteiger partial charge in [-0.25, -0.2) is 0 Å². The van der Waals surface area contributed by atoms with Crippen molar-refractivity contribution < 1.29 is 36.9 Å². The molecule has 0 radical (unpaired) electrons. The summed E-state index contributed by atoms with van der Waals surface area (Å²) < 4.78 is 61.4. The number of fused-ring (bicyclic) bond motifs is 1. The van der Waals surface area contributed by atoms with Gasteiger partial charge in [-0.3, -0.25) is 4.79 Å². The first kappa shape index (κ1) is 16.4. The molecule has 4 nitrogen and oxygen atoms in total. The number of halogens is 5. The van der Waals surface area contributed by atoms with E-state index in [2.05, 4.69) is 25.4 Å². The van der Waals surface area contributed by atoms with Crippen molar-refractivity contribution in [2.75, 3.05) is 0 Å². The monoisotopic (exact) mass is 398 g/mol. The van der Waals surface area contributed by atoms with Crippen LogP contribution in [0.2, 0.25) is 0 Å². The molecule has 0 amide bonds. The molecule has 126 valence electrons. The van der Waals surface area contributed by atoms with Crippen molar-refractivity contribution in [3.05, 3.63) is 22.2 Å². The third kappa shape index (κ3) is 2.98. The molecule has 1 aromatic rings. The largest absolute Gasteiger partial charge is 0.507 e. The number of carboxylic acid groups (broad SMARTS) is 1. The molecule has 1 aliphatic heterocycles. The number of carboxylic acids is 1. The van der Waals surface area contributed by atoms with E-state index in [4.69, 9.17) is 5.11 Å². The van der Waals surface area contributed by atoms with E-state index < -0.39 is 35.6 Å². The zero-order chi connectivity index (χ0) is 17.0. The fourth-order valence-corrected chi connectivity index (χ4v) is 3.22. The number of hydrogen-bond donors (Lipinski definition) is 1. The predicted octanol–water partition coefficient (Wildman–Crippen LogP) is 4.37. The number of hydrogen-bond acceptors (Lipinski definition) is 3. The fraction of sp³-hybridized carbons (Fsp3) is 0.500. The summed E-state index contributed by atoms with van der Waals surface area (Å²) in [5.74, 6) is -2.38. The van der Waals surface area contributed by atoms with Crippen LogP contribution in [-0.2, 0) is 4.79 Å². The highest BCUT2D eigenvalue weighted by Gasteiger charge is 2.66. The van der Waals surface area contributed by atoms with Crippen molar-refractivity contribution in [2.45, 2.75) is 37.4 Å². The van der Waals surface area contributed by atoms with E-state index in [1.807, 2.05) is 0 Å². The molecular formula is C14H11BrF4O4. The Bertz CT molecular complexity index is 660. The molecule has 1 aliphatic carbocycles. The first-order chi connectivity index (χ1) is 10.6. The summed E-state index contributed by atoms with van der Waals surface area (Å²) in [5, 5.41) is 9.01. The molecule has 1 fully saturated rings. The Morgan fingerprint density at radius 3 is 2.22 bits per heavy atom. The summed E-state index contributed by atoms with van der Waals surface area (Å²) >= 11 is 3.17. The first-order valence-corrected chi connectivity index (χ1v) is 7.59. The Morgan fingerprint density at radius 2 is 1.74 bits per heavy atom. The lowest BCUT2D eigenvalue weighted by molar-refractivity contribution is -0.391. The van der Waals surface area contributed by atoms with Crippen LogP contribution in [0.4, 0.5) is 17.6 Å². The summed E-state index contributed by atoms with van der Waals surface area (Å²) in [7, 11) is 0. The Morgan fingerprint density at radius 1 is 1.22 bits per heavy atom. The highest BCUT2D eigenvalue weighted by atomic mass is 79.9. The van der Waals surface area contributed by atoms with Crippen LogP contribution >= 0.6 is 15.9 Å². The van der Waals surface area contributed by atoms with Crippen molar-refractivity contribution in [3.8, 4) is 11.5 Å². The molecule has 1 saturated carbocycles. The molecule has 23 heavy (non-hydrogen) atoms.